The number of alkyl halides is 3. The fourth-order valence-electron chi connectivity index (χ4n) is 4.58. The van der Waals surface area contributed by atoms with Crippen LogP contribution in [0.25, 0.3) is 11.1 Å². The molecule has 1 saturated heterocycles. The van der Waals surface area contributed by atoms with Gasteiger partial charge in [0.2, 0.25) is 0 Å². The topological polar surface area (TPSA) is 15.3 Å². The molecule has 0 spiro atoms. The lowest BCUT2D eigenvalue weighted by molar-refractivity contribution is -0.256. The van der Waals surface area contributed by atoms with Crippen molar-refractivity contribution in [1.82, 2.24) is 4.90 Å². The maximum atomic E-state index is 13.4. The standard InChI is InChI=1S/C24H29F3N2/c25-24(26,27)23(13-4-14-23)18-29-15-11-19(12-16-29)17-28-22-9-7-21(8-10-22)20-5-2-1-3-6-20/h1-3,5-10,19,28H,4,11-18H2. The van der Waals surface area contributed by atoms with E-state index in [-0.39, 0.29) is 6.54 Å². The molecule has 1 N–H and O–H groups in total. The largest absolute Gasteiger partial charge is 0.395 e. The number of hydrogen-bond acceptors (Lipinski definition) is 2. The van der Waals surface area contributed by atoms with E-state index in [2.05, 4.69) is 41.7 Å². The Balaban J connectivity index is 1.23. The number of hydrogen-bond donors (Lipinski definition) is 1. The van der Waals surface area contributed by atoms with Gasteiger partial charge in [0.05, 0.1) is 5.41 Å². The Labute approximate surface area is 171 Å². The van der Waals surface area contributed by atoms with Crippen LogP contribution in [-0.4, -0.2) is 37.3 Å². The van der Waals surface area contributed by atoms with Gasteiger partial charge < -0.3 is 10.2 Å². The molecule has 2 fully saturated rings. The van der Waals surface area contributed by atoms with E-state index in [0.717, 1.165) is 38.2 Å². The highest BCUT2D eigenvalue weighted by molar-refractivity contribution is 5.65. The van der Waals surface area contributed by atoms with E-state index in [1.165, 1.54) is 11.1 Å². The summed E-state index contributed by atoms with van der Waals surface area (Å²) in [5.74, 6) is 0.517. The summed E-state index contributed by atoms with van der Waals surface area (Å²) in [6, 6.07) is 18.7. The molecule has 4 rings (SSSR count). The number of rotatable bonds is 6. The first-order valence-corrected chi connectivity index (χ1v) is 10.6. The first-order valence-electron chi connectivity index (χ1n) is 10.6. The molecule has 29 heavy (non-hydrogen) atoms. The number of anilines is 1. The molecule has 1 aliphatic carbocycles. The van der Waals surface area contributed by atoms with Crippen molar-refractivity contribution >= 4 is 5.69 Å². The van der Waals surface area contributed by atoms with Crippen LogP contribution in [-0.2, 0) is 0 Å². The summed E-state index contributed by atoms with van der Waals surface area (Å²) in [5, 5.41) is 3.50. The van der Waals surface area contributed by atoms with Crippen LogP contribution in [0.2, 0.25) is 0 Å². The second-order valence-electron chi connectivity index (χ2n) is 8.68. The minimum Gasteiger partial charge on any atom is -0.385 e. The third-order valence-corrected chi connectivity index (χ3v) is 6.73. The van der Waals surface area contributed by atoms with E-state index in [1.54, 1.807) is 0 Å². The molecular formula is C24H29F3N2. The summed E-state index contributed by atoms with van der Waals surface area (Å²) in [5.41, 5.74) is 2.06. The molecule has 2 nitrogen and oxygen atoms in total. The zero-order valence-electron chi connectivity index (χ0n) is 16.7. The Morgan fingerprint density at radius 3 is 2.07 bits per heavy atom. The van der Waals surface area contributed by atoms with Crippen LogP contribution < -0.4 is 5.32 Å². The van der Waals surface area contributed by atoms with Gasteiger partial charge >= 0.3 is 6.18 Å². The zero-order valence-corrected chi connectivity index (χ0v) is 16.7. The first kappa shape index (κ1) is 20.3. The molecular weight excluding hydrogens is 373 g/mol. The predicted octanol–water partition coefficient (Wildman–Crippen LogP) is 6.21. The molecule has 2 aromatic rings. The maximum Gasteiger partial charge on any atom is 0.395 e. The molecule has 0 aromatic heterocycles. The van der Waals surface area contributed by atoms with Crippen LogP contribution in [0.5, 0.6) is 0 Å². The summed E-state index contributed by atoms with van der Waals surface area (Å²) < 4.78 is 40.2. The second-order valence-corrected chi connectivity index (χ2v) is 8.68. The van der Waals surface area contributed by atoms with Gasteiger partial charge in [0.1, 0.15) is 0 Å². The van der Waals surface area contributed by atoms with Gasteiger partial charge in [-0.2, -0.15) is 13.2 Å². The van der Waals surface area contributed by atoms with Gasteiger partial charge in [-0.1, -0.05) is 48.9 Å². The summed E-state index contributed by atoms with van der Waals surface area (Å²) in [6.45, 7) is 2.62. The Kier molecular flexibility index (Phi) is 5.86. The predicted molar refractivity (Wildman–Crippen MR) is 112 cm³/mol. The molecule has 0 unspecified atom stereocenters. The Morgan fingerprint density at radius 1 is 0.897 bits per heavy atom. The summed E-state index contributed by atoms with van der Waals surface area (Å²) in [6.07, 6.45) is -0.821. The smallest absolute Gasteiger partial charge is 0.385 e. The van der Waals surface area contributed by atoms with Gasteiger partial charge in [0.15, 0.2) is 0 Å². The molecule has 2 aliphatic rings. The fourth-order valence-corrected chi connectivity index (χ4v) is 4.58. The molecule has 0 atom stereocenters. The first-order chi connectivity index (χ1) is 14.0. The van der Waals surface area contributed by atoms with E-state index in [9.17, 15) is 13.2 Å². The lowest BCUT2D eigenvalue weighted by Crippen LogP contribution is -2.53. The highest BCUT2D eigenvalue weighted by Gasteiger charge is 2.58. The number of nitrogens with one attached hydrogen (secondary N) is 1. The number of benzene rings is 2. The van der Waals surface area contributed by atoms with Gasteiger partial charge in [0.25, 0.3) is 0 Å². The van der Waals surface area contributed by atoms with Crippen LogP contribution in [0, 0.1) is 11.3 Å². The molecule has 0 amide bonds. The zero-order chi connectivity index (χ0) is 20.3. The van der Waals surface area contributed by atoms with Crippen molar-refractivity contribution in [2.24, 2.45) is 11.3 Å². The molecule has 156 valence electrons. The minimum absolute atomic E-state index is 0.192. The second kappa shape index (κ2) is 8.39. The average Bonchev–Trinajstić information content (AvgIpc) is 2.70. The lowest BCUT2D eigenvalue weighted by Gasteiger charge is -2.47. The van der Waals surface area contributed by atoms with Crippen molar-refractivity contribution in [3.05, 3.63) is 54.6 Å². The van der Waals surface area contributed by atoms with Crippen molar-refractivity contribution in [2.45, 2.75) is 38.3 Å². The molecule has 0 bridgehead atoms. The number of halogens is 3. The van der Waals surface area contributed by atoms with Crippen LogP contribution in [0.3, 0.4) is 0 Å². The SMILES string of the molecule is FC(F)(F)C1(CN2CCC(CNc3ccc(-c4ccccc4)cc3)CC2)CCC1. The van der Waals surface area contributed by atoms with E-state index in [0.29, 0.717) is 25.2 Å². The van der Waals surface area contributed by atoms with Crippen LogP contribution >= 0.6 is 0 Å². The van der Waals surface area contributed by atoms with Crippen LogP contribution in [0.4, 0.5) is 18.9 Å². The Hall–Kier alpha value is -2.01. The summed E-state index contributed by atoms with van der Waals surface area (Å²) >= 11 is 0. The molecule has 1 heterocycles. The van der Waals surface area contributed by atoms with Crippen molar-refractivity contribution in [3.8, 4) is 11.1 Å². The van der Waals surface area contributed by atoms with E-state index in [1.807, 2.05) is 23.1 Å². The highest BCUT2D eigenvalue weighted by Crippen LogP contribution is 2.53. The number of piperidine rings is 1. The van der Waals surface area contributed by atoms with Crippen molar-refractivity contribution < 1.29 is 13.2 Å². The lowest BCUT2D eigenvalue weighted by atomic mass is 9.67. The molecule has 1 aliphatic heterocycles. The van der Waals surface area contributed by atoms with Crippen molar-refractivity contribution in [2.75, 3.05) is 31.5 Å². The maximum absolute atomic E-state index is 13.4. The summed E-state index contributed by atoms with van der Waals surface area (Å²) in [4.78, 5) is 2.04. The van der Waals surface area contributed by atoms with Gasteiger partial charge in [0, 0.05) is 18.8 Å². The number of likely N-dealkylation sites (tertiary alicyclic amines) is 1. The normalized spacial score (nSPS) is 20.2. The monoisotopic (exact) mass is 402 g/mol. The van der Waals surface area contributed by atoms with Crippen molar-refractivity contribution in [1.29, 1.82) is 0 Å². The molecule has 2 aromatic carbocycles. The fraction of sp³-hybridized carbons (Fsp3) is 0.500. The van der Waals surface area contributed by atoms with E-state index < -0.39 is 11.6 Å². The third-order valence-electron chi connectivity index (χ3n) is 6.73. The van der Waals surface area contributed by atoms with E-state index >= 15 is 0 Å². The van der Waals surface area contributed by atoms with Gasteiger partial charge in [-0.15, -0.1) is 0 Å². The molecule has 0 radical (unpaired) electrons. The third kappa shape index (κ3) is 4.61. The van der Waals surface area contributed by atoms with Crippen LogP contribution in [0.1, 0.15) is 32.1 Å². The van der Waals surface area contributed by atoms with Gasteiger partial charge in [-0.05, 0) is 68.0 Å². The summed E-state index contributed by atoms with van der Waals surface area (Å²) in [7, 11) is 0. The quantitative estimate of drug-likeness (QED) is 0.618. The van der Waals surface area contributed by atoms with Crippen LogP contribution in [0.15, 0.2) is 54.6 Å². The Bertz CT molecular complexity index is 774. The van der Waals surface area contributed by atoms with Crippen molar-refractivity contribution in [3.63, 3.8) is 0 Å². The average molecular weight is 403 g/mol. The molecule has 5 heteroatoms. The van der Waals surface area contributed by atoms with Gasteiger partial charge in [-0.25, -0.2) is 0 Å². The molecule has 1 saturated carbocycles. The van der Waals surface area contributed by atoms with E-state index in [4.69, 9.17) is 0 Å². The number of nitrogens with zero attached hydrogens (tertiary/aromatic N) is 1. The minimum atomic E-state index is -4.06. The Morgan fingerprint density at radius 2 is 1.52 bits per heavy atom. The van der Waals surface area contributed by atoms with Gasteiger partial charge in [-0.3, -0.25) is 0 Å². The highest BCUT2D eigenvalue weighted by atomic mass is 19.4.